The van der Waals surface area contributed by atoms with Crippen LogP contribution >= 0.6 is 0 Å². The average Bonchev–Trinajstić information content (AvgIpc) is 3.06. The van der Waals surface area contributed by atoms with Gasteiger partial charge in [-0.15, -0.1) is 0 Å². The van der Waals surface area contributed by atoms with Gasteiger partial charge in [0.15, 0.2) is 0 Å². The molecule has 1 aromatic rings. The largest absolute Gasteiger partial charge is 0.416 e. The smallest absolute Gasteiger partial charge is 0.351 e. The van der Waals surface area contributed by atoms with Gasteiger partial charge in [0.05, 0.1) is 11.6 Å². The molecule has 3 atom stereocenters. The van der Waals surface area contributed by atoms with E-state index in [-0.39, 0.29) is 18.5 Å². The maximum atomic E-state index is 12.4. The zero-order valence-electron chi connectivity index (χ0n) is 10.7. The van der Waals surface area contributed by atoms with Crippen LogP contribution in [0.1, 0.15) is 17.5 Å². The number of hydrogen-bond acceptors (Lipinski definition) is 2. The zero-order valence-corrected chi connectivity index (χ0v) is 10.7. The van der Waals surface area contributed by atoms with Crippen molar-refractivity contribution < 1.29 is 18.0 Å². The molecule has 1 aliphatic carbocycles. The van der Waals surface area contributed by atoms with Crippen LogP contribution in [0.2, 0.25) is 0 Å². The Bertz CT molecular complexity index is 512. The van der Waals surface area contributed by atoms with E-state index in [1.165, 1.54) is 12.1 Å². The molecule has 3 nitrogen and oxygen atoms in total. The first-order valence-corrected chi connectivity index (χ1v) is 6.62. The van der Waals surface area contributed by atoms with Gasteiger partial charge in [-0.05, 0) is 42.5 Å². The highest BCUT2D eigenvalue weighted by Gasteiger charge is 2.50. The van der Waals surface area contributed by atoms with E-state index >= 15 is 0 Å². The number of carbonyl (C=O) groups is 1. The van der Waals surface area contributed by atoms with Crippen LogP contribution in [0.5, 0.6) is 0 Å². The Morgan fingerprint density at radius 3 is 2.50 bits per heavy atom. The van der Waals surface area contributed by atoms with Gasteiger partial charge < -0.3 is 10.6 Å². The molecule has 1 saturated carbocycles. The van der Waals surface area contributed by atoms with E-state index in [0.717, 1.165) is 25.1 Å². The molecule has 0 aromatic heterocycles. The summed E-state index contributed by atoms with van der Waals surface area (Å²) in [5.74, 6) is 1.02. The van der Waals surface area contributed by atoms with Crippen molar-refractivity contribution in [3.8, 4) is 0 Å². The minimum absolute atomic E-state index is 0.0603. The maximum Gasteiger partial charge on any atom is 0.416 e. The molecule has 1 saturated heterocycles. The van der Waals surface area contributed by atoms with Crippen LogP contribution in [0.4, 0.5) is 13.2 Å². The lowest BCUT2D eigenvalue weighted by Crippen LogP contribution is -2.42. The topological polar surface area (TPSA) is 41.1 Å². The zero-order chi connectivity index (χ0) is 14.3. The molecule has 3 unspecified atom stereocenters. The number of fused-ring (bicyclic) bond motifs is 1. The Morgan fingerprint density at radius 2 is 2.00 bits per heavy atom. The van der Waals surface area contributed by atoms with E-state index in [4.69, 9.17) is 0 Å². The van der Waals surface area contributed by atoms with Crippen LogP contribution in [0.25, 0.3) is 0 Å². The van der Waals surface area contributed by atoms with Gasteiger partial charge in [0.2, 0.25) is 5.91 Å². The fourth-order valence-electron chi connectivity index (χ4n) is 2.74. The van der Waals surface area contributed by atoms with Gasteiger partial charge in [-0.1, -0.05) is 12.1 Å². The molecule has 1 aromatic carbocycles. The molecule has 0 radical (unpaired) electrons. The first-order chi connectivity index (χ1) is 9.45. The van der Waals surface area contributed by atoms with Gasteiger partial charge >= 0.3 is 6.18 Å². The van der Waals surface area contributed by atoms with E-state index in [0.29, 0.717) is 17.4 Å². The number of nitrogens with one attached hydrogen (secondary N) is 2. The summed E-state index contributed by atoms with van der Waals surface area (Å²) in [7, 11) is 0. The number of alkyl halides is 3. The van der Waals surface area contributed by atoms with Gasteiger partial charge in [0, 0.05) is 6.54 Å². The average molecular weight is 284 g/mol. The van der Waals surface area contributed by atoms with Crippen LogP contribution in [0.3, 0.4) is 0 Å². The van der Waals surface area contributed by atoms with Crippen LogP contribution in [-0.2, 0) is 17.5 Å². The molecular weight excluding hydrogens is 269 g/mol. The second kappa shape index (κ2) is 4.77. The van der Waals surface area contributed by atoms with Crippen molar-refractivity contribution in [3.05, 3.63) is 35.4 Å². The Balaban J connectivity index is 1.54. The monoisotopic (exact) mass is 284 g/mol. The third-order valence-electron chi connectivity index (χ3n) is 4.04. The van der Waals surface area contributed by atoms with E-state index in [9.17, 15) is 18.0 Å². The molecule has 20 heavy (non-hydrogen) atoms. The standard InChI is InChI=1S/C14H15F3N2O/c15-14(16,17)10-3-1-8(2-4-10)6-19-13(20)12-11-5-9(11)7-18-12/h1-4,9,11-12,18H,5-7H2,(H,19,20). The Morgan fingerprint density at radius 1 is 1.30 bits per heavy atom. The first kappa shape index (κ1) is 13.4. The number of hydrogen-bond donors (Lipinski definition) is 2. The molecule has 0 spiro atoms. The fourth-order valence-corrected chi connectivity index (χ4v) is 2.74. The minimum atomic E-state index is -4.32. The van der Waals surface area contributed by atoms with E-state index in [2.05, 4.69) is 10.6 Å². The number of carbonyl (C=O) groups excluding carboxylic acids is 1. The number of benzene rings is 1. The third kappa shape index (κ3) is 2.65. The lowest BCUT2D eigenvalue weighted by molar-refractivity contribution is -0.137. The van der Waals surface area contributed by atoms with Crippen LogP contribution in [-0.4, -0.2) is 18.5 Å². The summed E-state index contributed by atoms with van der Waals surface area (Å²) < 4.78 is 37.2. The Labute approximate surface area is 114 Å². The van der Waals surface area contributed by atoms with Crippen LogP contribution < -0.4 is 10.6 Å². The van der Waals surface area contributed by atoms with Gasteiger partial charge in [0.1, 0.15) is 0 Å². The van der Waals surface area contributed by atoms with Crippen molar-refractivity contribution in [1.29, 1.82) is 0 Å². The molecule has 2 N–H and O–H groups in total. The van der Waals surface area contributed by atoms with Crippen molar-refractivity contribution in [1.82, 2.24) is 10.6 Å². The van der Waals surface area contributed by atoms with Gasteiger partial charge in [-0.3, -0.25) is 4.79 Å². The van der Waals surface area contributed by atoms with E-state index in [1.807, 2.05) is 0 Å². The van der Waals surface area contributed by atoms with Crippen LogP contribution in [0.15, 0.2) is 24.3 Å². The second-order valence-electron chi connectivity index (χ2n) is 5.46. The summed E-state index contributed by atoms with van der Waals surface area (Å²) in [6.45, 7) is 1.15. The summed E-state index contributed by atoms with van der Waals surface area (Å²) >= 11 is 0. The molecule has 2 aliphatic rings. The summed E-state index contributed by atoms with van der Waals surface area (Å²) in [5.41, 5.74) is -0.0115. The van der Waals surface area contributed by atoms with Crippen molar-refractivity contribution in [2.24, 2.45) is 11.8 Å². The molecule has 2 fully saturated rings. The molecule has 108 valence electrons. The quantitative estimate of drug-likeness (QED) is 0.890. The molecule has 3 rings (SSSR count). The summed E-state index contributed by atoms with van der Waals surface area (Å²) in [6, 6.07) is 4.73. The first-order valence-electron chi connectivity index (χ1n) is 6.62. The van der Waals surface area contributed by atoms with E-state index < -0.39 is 11.7 Å². The summed E-state index contributed by atoms with van der Waals surface area (Å²) in [6.07, 6.45) is -3.22. The summed E-state index contributed by atoms with van der Waals surface area (Å²) in [5, 5.41) is 5.93. The Hall–Kier alpha value is -1.56. The number of halogens is 3. The molecule has 6 heteroatoms. The van der Waals surface area contributed by atoms with Gasteiger partial charge in [-0.2, -0.15) is 13.2 Å². The normalized spacial score (nSPS) is 28.1. The van der Waals surface area contributed by atoms with Crippen molar-refractivity contribution in [2.75, 3.05) is 6.54 Å². The van der Waals surface area contributed by atoms with Gasteiger partial charge in [0.25, 0.3) is 0 Å². The predicted octanol–water partition coefficient (Wildman–Crippen LogP) is 1.93. The lowest BCUT2D eigenvalue weighted by Gasteiger charge is -2.14. The second-order valence-corrected chi connectivity index (χ2v) is 5.46. The Kier molecular flexibility index (Phi) is 3.20. The number of rotatable bonds is 3. The molecule has 1 amide bonds. The summed E-state index contributed by atoms with van der Waals surface area (Å²) in [4.78, 5) is 11.9. The van der Waals surface area contributed by atoms with E-state index in [1.54, 1.807) is 0 Å². The van der Waals surface area contributed by atoms with Crippen molar-refractivity contribution in [3.63, 3.8) is 0 Å². The van der Waals surface area contributed by atoms with Crippen molar-refractivity contribution in [2.45, 2.75) is 25.2 Å². The SMILES string of the molecule is O=C(NCc1ccc(C(F)(F)F)cc1)C1NCC2CC21. The number of amides is 1. The highest BCUT2D eigenvalue weighted by atomic mass is 19.4. The number of piperidine rings is 1. The van der Waals surface area contributed by atoms with Crippen LogP contribution in [0, 0.1) is 11.8 Å². The lowest BCUT2D eigenvalue weighted by atomic mass is 10.1. The molecule has 1 aliphatic heterocycles. The predicted molar refractivity (Wildman–Crippen MR) is 66.7 cm³/mol. The fraction of sp³-hybridized carbons (Fsp3) is 0.500. The molecular formula is C14H15F3N2O. The van der Waals surface area contributed by atoms with Crippen molar-refractivity contribution >= 4 is 5.91 Å². The molecule has 1 heterocycles. The highest BCUT2D eigenvalue weighted by Crippen LogP contribution is 2.45. The minimum Gasteiger partial charge on any atom is -0.351 e. The van der Waals surface area contributed by atoms with Gasteiger partial charge in [-0.25, -0.2) is 0 Å². The molecule has 0 bridgehead atoms. The highest BCUT2D eigenvalue weighted by molar-refractivity contribution is 5.83. The maximum absolute atomic E-state index is 12.4. The third-order valence-corrected chi connectivity index (χ3v) is 4.04.